The molecule has 0 fully saturated rings. The number of rotatable bonds is 6. The lowest BCUT2D eigenvalue weighted by atomic mass is 10.3. The van der Waals surface area contributed by atoms with Crippen LogP contribution in [-0.4, -0.2) is 32.2 Å². The van der Waals surface area contributed by atoms with Gasteiger partial charge in [-0.3, -0.25) is 4.79 Å². The lowest BCUT2D eigenvalue weighted by Gasteiger charge is -2.17. The van der Waals surface area contributed by atoms with Crippen LogP contribution in [0.4, 0.5) is 4.39 Å². The van der Waals surface area contributed by atoms with Gasteiger partial charge < -0.3 is 9.73 Å². The maximum Gasteiger partial charge on any atom is 0.243 e. The number of benzene rings is 1. The van der Waals surface area contributed by atoms with E-state index in [-0.39, 0.29) is 16.5 Å². The molecular formula is C14H14ClFN2O4S. The Bertz CT molecular complexity index is 793. The SMILES string of the molecule is CN(CC(=O)NCc1ccco1)S(=O)(=O)c1ccc(F)c(Cl)c1. The van der Waals surface area contributed by atoms with Gasteiger partial charge in [0, 0.05) is 7.05 Å². The first-order valence-corrected chi connectivity index (χ1v) is 8.33. The van der Waals surface area contributed by atoms with Gasteiger partial charge in [0.05, 0.1) is 29.3 Å². The molecule has 0 saturated carbocycles. The summed E-state index contributed by atoms with van der Waals surface area (Å²) in [6, 6.07) is 6.41. The maximum absolute atomic E-state index is 13.1. The van der Waals surface area contributed by atoms with Crippen molar-refractivity contribution >= 4 is 27.5 Å². The molecule has 1 aromatic carbocycles. The van der Waals surface area contributed by atoms with Crippen LogP contribution in [0.1, 0.15) is 5.76 Å². The van der Waals surface area contributed by atoms with Gasteiger partial charge in [-0.1, -0.05) is 11.6 Å². The predicted octanol–water partition coefficient (Wildman–Crippen LogP) is 2.01. The number of hydrogen-bond acceptors (Lipinski definition) is 4. The van der Waals surface area contributed by atoms with Gasteiger partial charge in [-0.25, -0.2) is 12.8 Å². The molecule has 0 aliphatic rings. The fourth-order valence-corrected chi connectivity index (χ4v) is 3.16. The van der Waals surface area contributed by atoms with Crippen LogP contribution in [0.25, 0.3) is 0 Å². The Kier molecular flexibility index (Phi) is 5.40. The van der Waals surface area contributed by atoms with Crippen molar-refractivity contribution in [3.63, 3.8) is 0 Å². The number of likely N-dealkylation sites (N-methyl/N-ethyl adjacent to an activating group) is 1. The quantitative estimate of drug-likeness (QED) is 0.854. The molecule has 0 aliphatic heterocycles. The van der Waals surface area contributed by atoms with E-state index >= 15 is 0 Å². The van der Waals surface area contributed by atoms with Gasteiger partial charge in [-0.2, -0.15) is 4.31 Å². The monoisotopic (exact) mass is 360 g/mol. The lowest BCUT2D eigenvalue weighted by molar-refractivity contribution is -0.121. The van der Waals surface area contributed by atoms with E-state index in [2.05, 4.69) is 5.32 Å². The standard InChI is InChI=1S/C14H14ClFN2O4S/c1-18(9-14(19)17-8-10-3-2-6-22-10)23(20,21)11-4-5-13(16)12(15)7-11/h2-7H,8-9H2,1H3,(H,17,19). The van der Waals surface area contributed by atoms with E-state index in [9.17, 15) is 17.6 Å². The molecule has 0 bridgehead atoms. The minimum atomic E-state index is -3.95. The van der Waals surface area contributed by atoms with Gasteiger partial charge in [0.25, 0.3) is 0 Å². The summed E-state index contributed by atoms with van der Waals surface area (Å²) in [7, 11) is -2.70. The summed E-state index contributed by atoms with van der Waals surface area (Å²) in [6.07, 6.45) is 1.47. The van der Waals surface area contributed by atoms with Crippen molar-refractivity contribution < 1.29 is 22.0 Å². The zero-order valence-electron chi connectivity index (χ0n) is 12.1. The number of halogens is 2. The van der Waals surface area contributed by atoms with Crippen LogP contribution >= 0.6 is 11.6 Å². The summed E-state index contributed by atoms with van der Waals surface area (Å²) in [6.45, 7) is -0.236. The van der Waals surface area contributed by atoms with Crippen molar-refractivity contribution in [1.29, 1.82) is 0 Å². The molecule has 0 aliphatic carbocycles. The van der Waals surface area contributed by atoms with Crippen LogP contribution < -0.4 is 5.32 Å². The summed E-state index contributed by atoms with van der Waals surface area (Å²) in [4.78, 5) is 11.6. The van der Waals surface area contributed by atoms with Gasteiger partial charge in [0.1, 0.15) is 11.6 Å². The Morgan fingerprint density at radius 3 is 2.74 bits per heavy atom. The molecule has 1 heterocycles. The molecule has 23 heavy (non-hydrogen) atoms. The van der Waals surface area contributed by atoms with Crippen molar-refractivity contribution in [2.75, 3.05) is 13.6 Å². The van der Waals surface area contributed by atoms with E-state index in [4.69, 9.17) is 16.0 Å². The van der Waals surface area contributed by atoms with Crippen LogP contribution in [0, 0.1) is 5.82 Å². The number of hydrogen-bond donors (Lipinski definition) is 1. The number of nitrogens with one attached hydrogen (secondary N) is 1. The van der Waals surface area contributed by atoms with Gasteiger partial charge in [-0.05, 0) is 30.3 Å². The van der Waals surface area contributed by atoms with Gasteiger partial charge >= 0.3 is 0 Å². The third kappa shape index (κ3) is 4.31. The fraction of sp³-hybridized carbons (Fsp3) is 0.214. The van der Waals surface area contributed by atoms with Crippen LogP contribution in [0.2, 0.25) is 5.02 Å². The number of amides is 1. The van der Waals surface area contributed by atoms with Gasteiger partial charge in [0.15, 0.2) is 0 Å². The number of carbonyl (C=O) groups is 1. The van der Waals surface area contributed by atoms with E-state index in [1.54, 1.807) is 12.1 Å². The second kappa shape index (κ2) is 7.12. The summed E-state index contributed by atoms with van der Waals surface area (Å²) < 4.78 is 43.6. The normalized spacial score (nSPS) is 11.7. The van der Waals surface area contributed by atoms with Crippen LogP contribution in [0.5, 0.6) is 0 Å². The van der Waals surface area contributed by atoms with Crippen molar-refractivity contribution in [3.8, 4) is 0 Å². The molecule has 1 aromatic heterocycles. The zero-order chi connectivity index (χ0) is 17.0. The molecule has 6 nitrogen and oxygen atoms in total. The minimum absolute atomic E-state index is 0.155. The Morgan fingerprint density at radius 1 is 1.39 bits per heavy atom. The van der Waals surface area contributed by atoms with Crippen molar-refractivity contribution in [3.05, 3.63) is 53.2 Å². The average Bonchev–Trinajstić information content (AvgIpc) is 3.01. The Labute approximate surface area is 137 Å². The molecule has 0 spiro atoms. The van der Waals surface area contributed by atoms with Crippen LogP contribution in [-0.2, 0) is 21.4 Å². The van der Waals surface area contributed by atoms with Crippen LogP contribution in [0.15, 0.2) is 45.9 Å². The van der Waals surface area contributed by atoms with E-state index in [0.717, 1.165) is 22.5 Å². The van der Waals surface area contributed by atoms with E-state index in [1.807, 2.05) is 0 Å². The minimum Gasteiger partial charge on any atom is -0.467 e. The Balaban J connectivity index is 2.01. The van der Waals surface area contributed by atoms with Gasteiger partial charge in [-0.15, -0.1) is 0 Å². The summed E-state index contributed by atoms with van der Waals surface area (Å²) >= 11 is 5.59. The molecule has 0 unspecified atom stereocenters. The van der Waals surface area contributed by atoms with E-state index in [0.29, 0.717) is 5.76 Å². The summed E-state index contributed by atoms with van der Waals surface area (Å²) in [5, 5.41) is 2.23. The molecule has 124 valence electrons. The molecular weight excluding hydrogens is 347 g/mol. The summed E-state index contributed by atoms with van der Waals surface area (Å²) in [5.41, 5.74) is 0. The highest BCUT2D eigenvalue weighted by atomic mass is 35.5. The first-order valence-electron chi connectivity index (χ1n) is 6.51. The predicted molar refractivity (Wildman–Crippen MR) is 81.8 cm³/mol. The molecule has 0 saturated heterocycles. The number of sulfonamides is 1. The molecule has 2 rings (SSSR count). The molecule has 9 heteroatoms. The number of carbonyl (C=O) groups excluding carboxylic acids is 1. The fourth-order valence-electron chi connectivity index (χ4n) is 1.76. The second-order valence-electron chi connectivity index (χ2n) is 4.69. The first kappa shape index (κ1) is 17.5. The molecule has 0 atom stereocenters. The average molecular weight is 361 g/mol. The smallest absolute Gasteiger partial charge is 0.243 e. The highest BCUT2D eigenvalue weighted by Crippen LogP contribution is 2.21. The third-order valence-electron chi connectivity index (χ3n) is 3.01. The molecule has 1 amide bonds. The molecule has 1 N–H and O–H groups in total. The topological polar surface area (TPSA) is 79.6 Å². The Hall–Kier alpha value is -1.90. The molecule has 2 aromatic rings. The highest BCUT2D eigenvalue weighted by Gasteiger charge is 2.23. The molecule has 0 radical (unpaired) electrons. The van der Waals surface area contributed by atoms with Crippen LogP contribution in [0.3, 0.4) is 0 Å². The summed E-state index contributed by atoms with van der Waals surface area (Å²) in [5.74, 6) is -0.667. The maximum atomic E-state index is 13.1. The largest absolute Gasteiger partial charge is 0.467 e. The van der Waals surface area contributed by atoms with Crippen molar-refractivity contribution in [2.24, 2.45) is 0 Å². The van der Waals surface area contributed by atoms with Crippen molar-refractivity contribution in [2.45, 2.75) is 11.4 Å². The Morgan fingerprint density at radius 2 is 2.13 bits per heavy atom. The zero-order valence-corrected chi connectivity index (χ0v) is 13.7. The number of furan rings is 1. The second-order valence-corrected chi connectivity index (χ2v) is 7.15. The first-order chi connectivity index (χ1) is 10.8. The highest BCUT2D eigenvalue weighted by molar-refractivity contribution is 7.89. The van der Waals surface area contributed by atoms with E-state index < -0.39 is 28.3 Å². The lowest BCUT2D eigenvalue weighted by Crippen LogP contribution is -2.38. The van der Waals surface area contributed by atoms with E-state index in [1.165, 1.54) is 13.3 Å². The third-order valence-corrected chi connectivity index (χ3v) is 5.09. The number of nitrogens with zero attached hydrogens (tertiary/aromatic N) is 1. The van der Waals surface area contributed by atoms with Gasteiger partial charge in [0.2, 0.25) is 15.9 Å². The van der Waals surface area contributed by atoms with Crippen molar-refractivity contribution in [1.82, 2.24) is 9.62 Å².